The molecular weight excluding hydrogens is 228 g/mol. The molecule has 1 aliphatic heterocycles. The highest BCUT2D eigenvalue weighted by Crippen LogP contribution is 2.18. The van der Waals surface area contributed by atoms with Gasteiger partial charge in [0.1, 0.15) is 5.82 Å². The number of anilines is 1. The van der Waals surface area contributed by atoms with E-state index in [9.17, 15) is 4.79 Å². The summed E-state index contributed by atoms with van der Waals surface area (Å²) in [6.45, 7) is 2.84. The molecule has 2 heterocycles. The van der Waals surface area contributed by atoms with Crippen molar-refractivity contribution >= 4 is 22.6 Å². The van der Waals surface area contributed by atoms with Crippen LogP contribution in [0.3, 0.4) is 0 Å². The Balaban J connectivity index is 1.79. The van der Waals surface area contributed by atoms with Crippen LogP contribution in [0.2, 0.25) is 0 Å². The van der Waals surface area contributed by atoms with Crippen molar-refractivity contribution in [2.45, 2.75) is 25.8 Å². The summed E-state index contributed by atoms with van der Waals surface area (Å²) in [5, 5.41) is 6.12. The maximum absolute atomic E-state index is 12.0. The van der Waals surface area contributed by atoms with Crippen molar-refractivity contribution < 1.29 is 4.79 Å². The Bertz CT molecular complexity index is 584. The van der Waals surface area contributed by atoms with Gasteiger partial charge < -0.3 is 15.6 Å². The zero-order chi connectivity index (χ0) is 12.5. The van der Waals surface area contributed by atoms with Gasteiger partial charge in [-0.1, -0.05) is 0 Å². The van der Waals surface area contributed by atoms with E-state index in [0.29, 0.717) is 0 Å². The van der Waals surface area contributed by atoms with Crippen molar-refractivity contribution in [3.63, 3.8) is 0 Å². The third-order valence-electron chi connectivity index (χ3n) is 3.24. The van der Waals surface area contributed by atoms with Gasteiger partial charge in [0.25, 0.3) is 0 Å². The fourth-order valence-corrected chi connectivity index (χ4v) is 2.35. The lowest BCUT2D eigenvalue weighted by atomic mass is 10.2. The molecule has 94 valence electrons. The van der Waals surface area contributed by atoms with Gasteiger partial charge in [0.2, 0.25) is 5.91 Å². The smallest absolute Gasteiger partial charge is 0.241 e. The highest BCUT2D eigenvalue weighted by Gasteiger charge is 2.21. The third-order valence-corrected chi connectivity index (χ3v) is 3.24. The van der Waals surface area contributed by atoms with E-state index in [1.807, 2.05) is 25.1 Å². The lowest BCUT2D eigenvalue weighted by Crippen LogP contribution is -2.35. The second kappa shape index (κ2) is 4.42. The number of aromatic amines is 1. The molecule has 1 aromatic heterocycles. The molecule has 0 spiro atoms. The van der Waals surface area contributed by atoms with E-state index in [4.69, 9.17) is 0 Å². The number of hydrogen-bond donors (Lipinski definition) is 3. The molecule has 1 amide bonds. The van der Waals surface area contributed by atoms with Gasteiger partial charge in [-0.15, -0.1) is 0 Å². The lowest BCUT2D eigenvalue weighted by Gasteiger charge is -2.10. The number of aryl methyl sites for hydroxylation is 1. The van der Waals surface area contributed by atoms with Gasteiger partial charge in [0, 0.05) is 5.69 Å². The van der Waals surface area contributed by atoms with E-state index in [0.717, 1.165) is 41.9 Å². The fraction of sp³-hybridized carbons (Fsp3) is 0.385. The molecule has 1 atom stereocenters. The van der Waals surface area contributed by atoms with Crippen LogP contribution in [0.5, 0.6) is 0 Å². The Labute approximate surface area is 105 Å². The van der Waals surface area contributed by atoms with Gasteiger partial charge in [0.15, 0.2) is 0 Å². The quantitative estimate of drug-likeness (QED) is 0.751. The van der Waals surface area contributed by atoms with E-state index in [1.165, 1.54) is 0 Å². The van der Waals surface area contributed by atoms with Crippen molar-refractivity contribution in [3.05, 3.63) is 24.0 Å². The number of aromatic nitrogens is 2. The molecule has 0 saturated carbocycles. The molecule has 1 aromatic carbocycles. The number of rotatable bonds is 2. The van der Waals surface area contributed by atoms with Crippen LogP contribution >= 0.6 is 0 Å². The van der Waals surface area contributed by atoms with E-state index in [2.05, 4.69) is 20.6 Å². The molecule has 3 N–H and O–H groups in total. The monoisotopic (exact) mass is 244 g/mol. The summed E-state index contributed by atoms with van der Waals surface area (Å²) >= 11 is 0. The van der Waals surface area contributed by atoms with E-state index in [1.54, 1.807) is 0 Å². The predicted molar refractivity (Wildman–Crippen MR) is 70.5 cm³/mol. The van der Waals surface area contributed by atoms with Gasteiger partial charge in [-0.3, -0.25) is 4.79 Å². The van der Waals surface area contributed by atoms with Crippen LogP contribution in [0, 0.1) is 6.92 Å². The number of H-pyrrole nitrogens is 1. The standard InChI is InChI=1S/C13H16N4O/c1-8-15-10-5-4-9(7-12(10)16-8)17-13(18)11-3-2-6-14-11/h4-5,7,11,14H,2-3,6H2,1H3,(H,15,16)(H,17,18)/t11-/m0/s1. The molecule has 3 rings (SSSR count). The van der Waals surface area contributed by atoms with Crippen LogP contribution in [0.15, 0.2) is 18.2 Å². The predicted octanol–water partition coefficient (Wildman–Crippen LogP) is 1.56. The van der Waals surface area contributed by atoms with E-state index < -0.39 is 0 Å². The van der Waals surface area contributed by atoms with Crippen molar-refractivity contribution in [2.75, 3.05) is 11.9 Å². The highest BCUT2D eigenvalue weighted by molar-refractivity contribution is 5.96. The lowest BCUT2D eigenvalue weighted by molar-refractivity contribution is -0.117. The maximum atomic E-state index is 12.0. The number of benzene rings is 1. The van der Waals surface area contributed by atoms with Crippen LogP contribution in [0.25, 0.3) is 11.0 Å². The number of hydrogen-bond acceptors (Lipinski definition) is 3. The molecule has 5 nitrogen and oxygen atoms in total. The van der Waals surface area contributed by atoms with Crippen molar-refractivity contribution in [1.29, 1.82) is 0 Å². The second-order valence-electron chi connectivity index (χ2n) is 4.69. The Kier molecular flexibility index (Phi) is 2.76. The molecule has 5 heteroatoms. The van der Waals surface area contributed by atoms with Crippen LogP contribution in [0.4, 0.5) is 5.69 Å². The van der Waals surface area contributed by atoms with Gasteiger partial charge in [-0.05, 0) is 44.5 Å². The van der Waals surface area contributed by atoms with Gasteiger partial charge >= 0.3 is 0 Å². The minimum Gasteiger partial charge on any atom is -0.342 e. The molecule has 0 radical (unpaired) electrons. The molecule has 0 aliphatic carbocycles. The van der Waals surface area contributed by atoms with Crippen molar-refractivity contribution in [1.82, 2.24) is 15.3 Å². The third kappa shape index (κ3) is 2.09. The zero-order valence-electron chi connectivity index (χ0n) is 10.3. The SMILES string of the molecule is Cc1nc2ccc(NC(=O)[C@@H]3CCCN3)cc2[nH]1. The molecule has 1 fully saturated rings. The Hall–Kier alpha value is -1.88. The van der Waals surface area contributed by atoms with Crippen LogP contribution in [-0.2, 0) is 4.79 Å². The number of amides is 1. The first-order valence-electron chi connectivity index (χ1n) is 6.23. The summed E-state index contributed by atoms with van der Waals surface area (Å²) < 4.78 is 0. The largest absolute Gasteiger partial charge is 0.342 e. The van der Waals surface area contributed by atoms with Crippen LogP contribution in [-0.4, -0.2) is 28.5 Å². The Morgan fingerprint density at radius 3 is 3.17 bits per heavy atom. The molecule has 1 aliphatic rings. The number of fused-ring (bicyclic) bond motifs is 1. The molecule has 0 unspecified atom stereocenters. The van der Waals surface area contributed by atoms with Crippen LogP contribution < -0.4 is 10.6 Å². The first-order chi connectivity index (χ1) is 8.72. The number of carbonyl (C=O) groups excluding carboxylic acids is 1. The van der Waals surface area contributed by atoms with Crippen molar-refractivity contribution in [2.24, 2.45) is 0 Å². The normalized spacial score (nSPS) is 19.3. The Morgan fingerprint density at radius 1 is 1.50 bits per heavy atom. The van der Waals surface area contributed by atoms with Gasteiger partial charge in [0.05, 0.1) is 17.1 Å². The van der Waals surface area contributed by atoms with Crippen LogP contribution in [0.1, 0.15) is 18.7 Å². The number of imidazole rings is 1. The molecule has 0 bridgehead atoms. The summed E-state index contributed by atoms with van der Waals surface area (Å²) in [5.74, 6) is 0.925. The number of nitrogens with zero attached hydrogens (tertiary/aromatic N) is 1. The minimum atomic E-state index is -0.0517. The summed E-state index contributed by atoms with van der Waals surface area (Å²) in [6.07, 6.45) is 1.98. The highest BCUT2D eigenvalue weighted by atomic mass is 16.2. The molecular formula is C13H16N4O. The summed E-state index contributed by atoms with van der Waals surface area (Å²) in [7, 11) is 0. The first kappa shape index (κ1) is 11.2. The molecule has 18 heavy (non-hydrogen) atoms. The maximum Gasteiger partial charge on any atom is 0.241 e. The number of carbonyl (C=O) groups is 1. The molecule has 1 saturated heterocycles. The fourth-order valence-electron chi connectivity index (χ4n) is 2.35. The van der Waals surface area contributed by atoms with Gasteiger partial charge in [-0.2, -0.15) is 0 Å². The van der Waals surface area contributed by atoms with Gasteiger partial charge in [-0.25, -0.2) is 4.98 Å². The number of nitrogens with one attached hydrogen (secondary N) is 3. The summed E-state index contributed by atoms with van der Waals surface area (Å²) in [4.78, 5) is 19.5. The zero-order valence-corrected chi connectivity index (χ0v) is 10.3. The minimum absolute atomic E-state index is 0.0445. The average Bonchev–Trinajstić information content (AvgIpc) is 2.95. The summed E-state index contributed by atoms with van der Waals surface area (Å²) in [6, 6.07) is 5.66. The topological polar surface area (TPSA) is 69.8 Å². The Morgan fingerprint density at radius 2 is 2.39 bits per heavy atom. The average molecular weight is 244 g/mol. The summed E-state index contributed by atoms with van der Waals surface area (Å²) in [5.41, 5.74) is 2.68. The van der Waals surface area contributed by atoms with E-state index in [-0.39, 0.29) is 11.9 Å². The second-order valence-corrected chi connectivity index (χ2v) is 4.69. The van der Waals surface area contributed by atoms with E-state index >= 15 is 0 Å². The molecule has 2 aromatic rings. The van der Waals surface area contributed by atoms with Crippen molar-refractivity contribution in [3.8, 4) is 0 Å². The first-order valence-corrected chi connectivity index (χ1v) is 6.23.